The van der Waals surface area contributed by atoms with Crippen LogP contribution in [0, 0.1) is 0 Å². The van der Waals surface area contributed by atoms with Crippen molar-refractivity contribution in [3.8, 4) is 0 Å². The van der Waals surface area contributed by atoms with Crippen molar-refractivity contribution in [2.75, 3.05) is 6.54 Å². The Morgan fingerprint density at radius 3 is 3.13 bits per heavy atom. The maximum atomic E-state index is 11.7. The summed E-state index contributed by atoms with van der Waals surface area (Å²) in [7, 11) is 0. The predicted octanol–water partition coefficient (Wildman–Crippen LogP) is 1.61. The molecule has 0 aliphatic carbocycles. The topological polar surface area (TPSA) is 74.0 Å². The van der Waals surface area contributed by atoms with Crippen LogP contribution < -0.4 is 5.32 Å². The van der Waals surface area contributed by atoms with E-state index in [1.165, 1.54) is 0 Å². The standard InChI is InChI=1S/C10H15N3O2/c1-8-9(4-2-6-11-8)10(14)5-3-7-12-13-15/h2,4,6,8,11H,3,5,7H2,1H3,(H,12,15). The zero-order chi connectivity index (χ0) is 11.1. The van der Waals surface area contributed by atoms with Gasteiger partial charge in [0.05, 0.1) is 12.6 Å². The molecule has 0 radical (unpaired) electrons. The highest BCUT2D eigenvalue weighted by Gasteiger charge is 2.16. The van der Waals surface area contributed by atoms with Gasteiger partial charge in [0.15, 0.2) is 5.78 Å². The average molecular weight is 209 g/mol. The largest absolute Gasteiger partial charge is 0.395 e. The lowest BCUT2D eigenvalue weighted by molar-refractivity contribution is -0.115. The van der Waals surface area contributed by atoms with Crippen molar-refractivity contribution in [3.05, 3.63) is 23.9 Å². The van der Waals surface area contributed by atoms with Gasteiger partial charge in [-0.1, -0.05) is 6.08 Å². The molecule has 1 unspecified atom stereocenters. The number of rotatable bonds is 5. The van der Waals surface area contributed by atoms with Crippen LogP contribution in [-0.4, -0.2) is 23.6 Å². The molecule has 1 rings (SSSR count). The summed E-state index contributed by atoms with van der Waals surface area (Å²) in [4.78, 5) is 11.7. The molecule has 2 N–H and O–H groups in total. The van der Waals surface area contributed by atoms with Crippen molar-refractivity contribution in [2.45, 2.75) is 25.8 Å². The summed E-state index contributed by atoms with van der Waals surface area (Å²) in [6.07, 6.45) is 6.51. The van der Waals surface area contributed by atoms with Gasteiger partial charge in [0.2, 0.25) is 0 Å². The maximum Gasteiger partial charge on any atom is 0.160 e. The van der Waals surface area contributed by atoms with Crippen molar-refractivity contribution in [1.29, 1.82) is 0 Å². The lowest BCUT2D eigenvalue weighted by Gasteiger charge is -2.17. The monoisotopic (exact) mass is 209 g/mol. The second-order valence-corrected chi connectivity index (χ2v) is 3.35. The van der Waals surface area contributed by atoms with Gasteiger partial charge in [0.1, 0.15) is 0 Å². The highest BCUT2D eigenvalue weighted by molar-refractivity contribution is 5.96. The fraction of sp³-hybridized carbons (Fsp3) is 0.500. The molecule has 0 spiro atoms. The number of hydrogen-bond acceptors (Lipinski definition) is 4. The van der Waals surface area contributed by atoms with Gasteiger partial charge in [0, 0.05) is 17.3 Å². The first-order valence-electron chi connectivity index (χ1n) is 4.92. The lowest BCUT2D eigenvalue weighted by Crippen LogP contribution is -2.29. The van der Waals surface area contributed by atoms with Crippen LogP contribution in [-0.2, 0) is 4.79 Å². The van der Waals surface area contributed by atoms with Crippen molar-refractivity contribution in [2.24, 2.45) is 10.4 Å². The van der Waals surface area contributed by atoms with E-state index in [1.54, 1.807) is 0 Å². The number of carbonyl (C=O) groups is 1. The zero-order valence-electron chi connectivity index (χ0n) is 8.68. The summed E-state index contributed by atoms with van der Waals surface area (Å²) >= 11 is 0. The molecular weight excluding hydrogens is 194 g/mol. The SMILES string of the molecule is CC1NC=CC=C1C(=O)CCC/N=N/O. The number of dihydropyridines is 1. The van der Waals surface area contributed by atoms with Crippen LogP contribution in [0.25, 0.3) is 0 Å². The van der Waals surface area contributed by atoms with E-state index in [0.29, 0.717) is 19.4 Å². The summed E-state index contributed by atoms with van der Waals surface area (Å²) in [5.74, 6) is 0.118. The molecule has 0 bridgehead atoms. The van der Waals surface area contributed by atoms with Gasteiger partial charge in [-0.15, -0.1) is 0 Å². The fourth-order valence-electron chi connectivity index (χ4n) is 1.42. The second kappa shape index (κ2) is 5.95. The van der Waals surface area contributed by atoms with Gasteiger partial charge in [-0.05, 0) is 25.6 Å². The van der Waals surface area contributed by atoms with E-state index >= 15 is 0 Å². The minimum Gasteiger partial charge on any atom is -0.395 e. The van der Waals surface area contributed by atoms with Gasteiger partial charge in [0.25, 0.3) is 0 Å². The Bertz CT molecular complexity index is 308. The van der Waals surface area contributed by atoms with Crippen LogP contribution in [0.3, 0.4) is 0 Å². The normalized spacial score (nSPS) is 20.1. The van der Waals surface area contributed by atoms with Crippen LogP contribution in [0.1, 0.15) is 19.8 Å². The molecule has 0 saturated carbocycles. The molecule has 1 aliphatic heterocycles. The van der Waals surface area contributed by atoms with Gasteiger partial charge in [-0.25, -0.2) is 0 Å². The molecule has 0 fully saturated rings. The van der Waals surface area contributed by atoms with Gasteiger partial charge >= 0.3 is 0 Å². The van der Waals surface area contributed by atoms with E-state index in [4.69, 9.17) is 5.21 Å². The molecule has 0 aromatic carbocycles. The number of nitrogens with one attached hydrogen (secondary N) is 1. The van der Waals surface area contributed by atoms with Crippen LogP contribution in [0.2, 0.25) is 0 Å². The number of ketones is 1. The third kappa shape index (κ3) is 3.53. The van der Waals surface area contributed by atoms with Crippen LogP contribution in [0.4, 0.5) is 0 Å². The third-order valence-electron chi connectivity index (χ3n) is 2.23. The highest BCUT2D eigenvalue weighted by atomic mass is 16.5. The average Bonchev–Trinajstić information content (AvgIpc) is 2.25. The Morgan fingerprint density at radius 1 is 1.67 bits per heavy atom. The predicted molar refractivity (Wildman–Crippen MR) is 55.6 cm³/mol. The molecule has 1 aliphatic rings. The molecule has 1 heterocycles. The van der Waals surface area contributed by atoms with Crippen molar-refractivity contribution >= 4 is 5.78 Å². The molecule has 0 saturated heterocycles. The van der Waals surface area contributed by atoms with Gasteiger partial charge in [-0.3, -0.25) is 4.79 Å². The van der Waals surface area contributed by atoms with Crippen LogP contribution in [0.15, 0.2) is 34.3 Å². The summed E-state index contributed by atoms with van der Waals surface area (Å²) in [5, 5.41) is 17.2. The summed E-state index contributed by atoms with van der Waals surface area (Å²) in [6, 6.07) is 0.0713. The molecule has 0 amide bonds. The Kier molecular flexibility index (Phi) is 4.53. The number of hydrogen-bond donors (Lipinski definition) is 2. The van der Waals surface area contributed by atoms with Gasteiger partial charge in [-0.2, -0.15) is 5.11 Å². The van der Waals surface area contributed by atoms with E-state index in [2.05, 4.69) is 15.7 Å². The van der Waals surface area contributed by atoms with Crippen molar-refractivity contribution in [1.82, 2.24) is 5.32 Å². The Labute approximate surface area is 88.5 Å². The first kappa shape index (κ1) is 11.4. The molecule has 5 nitrogen and oxygen atoms in total. The van der Waals surface area contributed by atoms with Crippen molar-refractivity contribution in [3.63, 3.8) is 0 Å². The Morgan fingerprint density at radius 2 is 2.47 bits per heavy atom. The molecule has 1 atom stereocenters. The summed E-state index contributed by atoms with van der Waals surface area (Å²) < 4.78 is 0. The third-order valence-corrected chi connectivity index (χ3v) is 2.23. The lowest BCUT2D eigenvalue weighted by atomic mass is 9.99. The summed E-state index contributed by atoms with van der Waals surface area (Å²) in [5.41, 5.74) is 0.790. The summed E-state index contributed by atoms with van der Waals surface area (Å²) in [6.45, 7) is 2.33. The smallest absolute Gasteiger partial charge is 0.160 e. The van der Waals surface area contributed by atoms with Gasteiger partial charge < -0.3 is 10.5 Å². The first-order chi connectivity index (χ1) is 7.25. The molecule has 15 heavy (non-hydrogen) atoms. The minimum atomic E-state index is 0.0713. The Hall–Kier alpha value is -1.65. The van der Waals surface area contributed by atoms with E-state index in [0.717, 1.165) is 5.57 Å². The minimum absolute atomic E-state index is 0.0713. The van der Waals surface area contributed by atoms with Crippen LogP contribution in [0.5, 0.6) is 0 Å². The van der Waals surface area contributed by atoms with Crippen LogP contribution >= 0.6 is 0 Å². The Balaban J connectivity index is 2.39. The van der Waals surface area contributed by atoms with E-state index < -0.39 is 0 Å². The van der Waals surface area contributed by atoms with E-state index in [1.807, 2.05) is 25.3 Å². The highest BCUT2D eigenvalue weighted by Crippen LogP contribution is 2.11. The van der Waals surface area contributed by atoms with E-state index in [9.17, 15) is 4.79 Å². The fourth-order valence-corrected chi connectivity index (χ4v) is 1.42. The number of nitrogens with zero attached hydrogens (tertiary/aromatic N) is 2. The molecule has 0 aromatic rings. The number of carbonyl (C=O) groups excluding carboxylic acids is 1. The van der Waals surface area contributed by atoms with Crippen molar-refractivity contribution < 1.29 is 10.0 Å². The number of allylic oxidation sites excluding steroid dienone is 2. The molecule has 5 heteroatoms. The molecule has 82 valence electrons. The van der Waals surface area contributed by atoms with E-state index in [-0.39, 0.29) is 11.8 Å². The number of Topliss-reactive ketones (excluding diaryl/α,β-unsaturated/α-hetero) is 1. The molecule has 0 aromatic heterocycles. The molecular formula is C10H15N3O2. The first-order valence-corrected chi connectivity index (χ1v) is 4.92. The maximum absolute atomic E-state index is 11.7. The quantitative estimate of drug-likeness (QED) is 0.410. The second-order valence-electron chi connectivity index (χ2n) is 3.35. The zero-order valence-corrected chi connectivity index (χ0v) is 8.68.